The lowest BCUT2D eigenvalue weighted by molar-refractivity contribution is 0.124. The summed E-state index contributed by atoms with van der Waals surface area (Å²) in [5.74, 6) is 0. The van der Waals surface area contributed by atoms with Crippen LogP contribution >= 0.6 is 0 Å². The molecule has 0 atom stereocenters. The summed E-state index contributed by atoms with van der Waals surface area (Å²) in [4.78, 5) is 7.50. The smallest absolute Gasteiger partial charge is 0.0110 e. The molecule has 1 aliphatic rings. The van der Waals surface area contributed by atoms with Crippen LogP contribution in [-0.4, -0.2) is 86.7 Å². The molecule has 1 rings (SSSR count). The molecule has 0 aromatic heterocycles. The normalized spacial score (nSPS) is 18.9. The highest BCUT2D eigenvalue weighted by atomic mass is 15.3. The van der Waals surface area contributed by atoms with Gasteiger partial charge in [-0.05, 0) is 60.8 Å². The first kappa shape index (κ1) is 17.9. The summed E-state index contributed by atoms with van der Waals surface area (Å²) in [5.41, 5.74) is 0.262. The topological polar surface area (TPSA) is 21.8 Å². The number of hydrogen-bond donors (Lipinski definition) is 1. The van der Waals surface area contributed by atoms with Crippen molar-refractivity contribution in [2.24, 2.45) is 0 Å². The van der Waals surface area contributed by atoms with Crippen molar-refractivity contribution in [2.75, 3.05) is 66.5 Å². The van der Waals surface area contributed by atoms with Gasteiger partial charge in [0.25, 0.3) is 0 Å². The highest BCUT2D eigenvalue weighted by Gasteiger charge is 2.16. The maximum Gasteiger partial charge on any atom is 0.0110 e. The van der Waals surface area contributed by atoms with Crippen LogP contribution in [0.1, 0.15) is 33.6 Å². The monoisotopic (exact) mass is 284 g/mol. The molecule has 4 nitrogen and oxygen atoms in total. The second-order valence-corrected chi connectivity index (χ2v) is 7.37. The van der Waals surface area contributed by atoms with E-state index in [1.54, 1.807) is 0 Å². The number of hydrogen-bond acceptors (Lipinski definition) is 4. The van der Waals surface area contributed by atoms with Gasteiger partial charge >= 0.3 is 0 Å². The average Bonchev–Trinajstić information content (AvgIpc) is 2.36. The summed E-state index contributed by atoms with van der Waals surface area (Å²) in [7, 11) is 4.31. The highest BCUT2D eigenvalue weighted by Crippen LogP contribution is 2.04. The third kappa shape index (κ3) is 8.90. The summed E-state index contributed by atoms with van der Waals surface area (Å²) < 4.78 is 0. The molecule has 1 aliphatic heterocycles. The van der Waals surface area contributed by atoms with Crippen LogP contribution in [0, 0.1) is 0 Å². The minimum atomic E-state index is 0.262. The number of rotatable bonds is 8. The number of nitrogens with one attached hydrogen (secondary N) is 1. The molecule has 1 fully saturated rings. The van der Waals surface area contributed by atoms with Gasteiger partial charge in [-0.1, -0.05) is 0 Å². The number of piperazine rings is 1. The van der Waals surface area contributed by atoms with Crippen molar-refractivity contribution in [3.05, 3.63) is 0 Å². The number of unbranched alkanes of at least 4 members (excludes halogenated alkanes) is 1. The molecule has 0 amide bonds. The third-order valence-corrected chi connectivity index (χ3v) is 3.88. The minimum absolute atomic E-state index is 0.262. The van der Waals surface area contributed by atoms with Gasteiger partial charge in [0.1, 0.15) is 0 Å². The first-order valence-electron chi connectivity index (χ1n) is 8.21. The van der Waals surface area contributed by atoms with Gasteiger partial charge in [0.2, 0.25) is 0 Å². The van der Waals surface area contributed by atoms with Gasteiger partial charge in [-0.3, -0.25) is 4.90 Å². The molecule has 0 radical (unpaired) electrons. The van der Waals surface area contributed by atoms with E-state index in [4.69, 9.17) is 0 Å². The highest BCUT2D eigenvalue weighted by molar-refractivity contribution is 4.73. The van der Waals surface area contributed by atoms with Crippen LogP contribution in [0.4, 0.5) is 0 Å². The van der Waals surface area contributed by atoms with Crippen molar-refractivity contribution in [2.45, 2.75) is 39.2 Å². The summed E-state index contributed by atoms with van der Waals surface area (Å²) in [6, 6.07) is 0. The van der Waals surface area contributed by atoms with Crippen LogP contribution < -0.4 is 5.32 Å². The van der Waals surface area contributed by atoms with Gasteiger partial charge in [-0.25, -0.2) is 0 Å². The second kappa shape index (κ2) is 8.98. The van der Waals surface area contributed by atoms with Crippen molar-refractivity contribution >= 4 is 0 Å². The van der Waals surface area contributed by atoms with E-state index in [0.717, 1.165) is 6.54 Å². The quantitative estimate of drug-likeness (QED) is 0.679. The Bertz CT molecular complexity index is 239. The van der Waals surface area contributed by atoms with Crippen LogP contribution in [0.5, 0.6) is 0 Å². The van der Waals surface area contributed by atoms with E-state index in [0.29, 0.717) is 0 Å². The molecule has 0 spiro atoms. The molecule has 0 aromatic carbocycles. The molecule has 0 saturated carbocycles. The van der Waals surface area contributed by atoms with E-state index < -0.39 is 0 Å². The molecule has 20 heavy (non-hydrogen) atoms. The largest absolute Gasteiger partial charge is 0.312 e. The summed E-state index contributed by atoms with van der Waals surface area (Å²) in [5, 5.41) is 3.56. The average molecular weight is 284 g/mol. The molecule has 0 bridgehead atoms. The molecule has 1 heterocycles. The van der Waals surface area contributed by atoms with Gasteiger partial charge in [0.05, 0.1) is 0 Å². The van der Waals surface area contributed by atoms with Crippen LogP contribution in [0.15, 0.2) is 0 Å². The Kier molecular flexibility index (Phi) is 8.03. The molecule has 0 aliphatic carbocycles. The van der Waals surface area contributed by atoms with Crippen LogP contribution in [0.3, 0.4) is 0 Å². The number of nitrogens with zero attached hydrogens (tertiary/aromatic N) is 3. The zero-order valence-electron chi connectivity index (χ0n) is 14.4. The van der Waals surface area contributed by atoms with Crippen molar-refractivity contribution in [3.8, 4) is 0 Å². The van der Waals surface area contributed by atoms with E-state index in [-0.39, 0.29) is 5.54 Å². The fourth-order valence-electron chi connectivity index (χ4n) is 2.50. The summed E-state index contributed by atoms with van der Waals surface area (Å²) in [6.07, 6.45) is 2.61. The van der Waals surface area contributed by atoms with Gasteiger partial charge in [0, 0.05) is 44.8 Å². The predicted octanol–water partition coefficient (Wildman–Crippen LogP) is 1.33. The van der Waals surface area contributed by atoms with Crippen LogP contribution in [0.25, 0.3) is 0 Å². The standard InChI is InChI=1S/C16H36N4/c1-16(2,3)17-8-6-7-9-19-12-14-20(15-13-19)11-10-18(4)5/h17H,6-15H2,1-5H3. The Hall–Kier alpha value is -0.160. The molecule has 4 heteroatoms. The van der Waals surface area contributed by atoms with Gasteiger partial charge < -0.3 is 15.1 Å². The van der Waals surface area contributed by atoms with Gasteiger partial charge in [-0.15, -0.1) is 0 Å². The Morgan fingerprint density at radius 2 is 1.45 bits per heavy atom. The fraction of sp³-hybridized carbons (Fsp3) is 1.00. The fourth-order valence-corrected chi connectivity index (χ4v) is 2.50. The molecule has 120 valence electrons. The van der Waals surface area contributed by atoms with E-state index in [9.17, 15) is 0 Å². The second-order valence-electron chi connectivity index (χ2n) is 7.37. The van der Waals surface area contributed by atoms with Gasteiger partial charge in [-0.2, -0.15) is 0 Å². The van der Waals surface area contributed by atoms with Crippen LogP contribution in [0.2, 0.25) is 0 Å². The zero-order chi connectivity index (χ0) is 15.0. The maximum atomic E-state index is 3.56. The van der Waals surface area contributed by atoms with E-state index >= 15 is 0 Å². The first-order valence-corrected chi connectivity index (χ1v) is 8.21. The molecule has 1 N–H and O–H groups in total. The Morgan fingerprint density at radius 1 is 0.900 bits per heavy atom. The van der Waals surface area contributed by atoms with Crippen molar-refractivity contribution in [3.63, 3.8) is 0 Å². The first-order chi connectivity index (χ1) is 9.37. The molecule has 1 saturated heterocycles. The lowest BCUT2D eigenvalue weighted by atomic mass is 10.1. The third-order valence-electron chi connectivity index (χ3n) is 3.88. The number of likely N-dealkylation sites (N-methyl/N-ethyl adjacent to an activating group) is 1. The SMILES string of the molecule is CN(C)CCN1CCN(CCCCNC(C)(C)C)CC1. The Balaban J connectivity index is 1.99. The predicted molar refractivity (Wildman–Crippen MR) is 88.4 cm³/mol. The summed E-state index contributed by atoms with van der Waals surface area (Å²) in [6.45, 7) is 16.5. The molecule has 0 unspecified atom stereocenters. The lowest BCUT2D eigenvalue weighted by Crippen LogP contribution is -2.48. The molecule has 0 aromatic rings. The van der Waals surface area contributed by atoms with E-state index in [2.05, 4.69) is 54.9 Å². The molecular weight excluding hydrogens is 248 g/mol. The summed E-state index contributed by atoms with van der Waals surface area (Å²) >= 11 is 0. The lowest BCUT2D eigenvalue weighted by Gasteiger charge is -2.35. The van der Waals surface area contributed by atoms with Crippen molar-refractivity contribution in [1.29, 1.82) is 0 Å². The van der Waals surface area contributed by atoms with Crippen LogP contribution in [-0.2, 0) is 0 Å². The van der Waals surface area contributed by atoms with Crippen molar-refractivity contribution in [1.82, 2.24) is 20.0 Å². The van der Waals surface area contributed by atoms with E-state index in [1.807, 2.05) is 0 Å². The zero-order valence-corrected chi connectivity index (χ0v) is 14.4. The minimum Gasteiger partial charge on any atom is -0.312 e. The van der Waals surface area contributed by atoms with Crippen molar-refractivity contribution < 1.29 is 0 Å². The van der Waals surface area contributed by atoms with E-state index in [1.165, 1.54) is 58.7 Å². The molecular formula is C16H36N4. The Labute approximate surface area is 126 Å². The van der Waals surface area contributed by atoms with Gasteiger partial charge in [0.15, 0.2) is 0 Å². The Morgan fingerprint density at radius 3 is 1.95 bits per heavy atom. The maximum absolute atomic E-state index is 3.56.